The molecule has 0 spiro atoms. The summed E-state index contributed by atoms with van der Waals surface area (Å²) in [6.45, 7) is 5.31. The van der Waals surface area contributed by atoms with Crippen LogP contribution in [-0.2, 0) is 6.42 Å². The maximum Gasteiger partial charge on any atom is 0.133 e. The van der Waals surface area contributed by atoms with Gasteiger partial charge in [-0.2, -0.15) is 0 Å². The van der Waals surface area contributed by atoms with Crippen molar-refractivity contribution in [3.63, 3.8) is 0 Å². The average Bonchev–Trinajstić information content (AvgIpc) is 2.42. The number of ether oxygens (including phenoxy) is 1. The molecule has 0 radical (unpaired) electrons. The van der Waals surface area contributed by atoms with Crippen molar-refractivity contribution >= 4 is 15.9 Å². The quantitative estimate of drug-likeness (QED) is 0.893. The van der Waals surface area contributed by atoms with Gasteiger partial charge in [-0.15, -0.1) is 0 Å². The van der Waals surface area contributed by atoms with Crippen molar-refractivity contribution in [3.05, 3.63) is 28.2 Å². The van der Waals surface area contributed by atoms with E-state index in [0.717, 1.165) is 42.1 Å². The van der Waals surface area contributed by atoms with E-state index in [-0.39, 0.29) is 0 Å². The molecule has 0 saturated carbocycles. The molecular formula is C15H22BrNO. The van der Waals surface area contributed by atoms with E-state index in [1.54, 1.807) is 0 Å². The van der Waals surface area contributed by atoms with E-state index in [0.29, 0.717) is 0 Å². The van der Waals surface area contributed by atoms with Crippen LogP contribution in [0.2, 0.25) is 0 Å². The molecule has 18 heavy (non-hydrogen) atoms. The number of halogens is 1. The van der Waals surface area contributed by atoms with Gasteiger partial charge >= 0.3 is 0 Å². The van der Waals surface area contributed by atoms with Gasteiger partial charge in [-0.3, -0.25) is 0 Å². The van der Waals surface area contributed by atoms with Crippen LogP contribution in [0, 0.1) is 5.92 Å². The molecule has 1 fully saturated rings. The first-order valence-corrected chi connectivity index (χ1v) is 7.71. The van der Waals surface area contributed by atoms with Crippen molar-refractivity contribution in [2.24, 2.45) is 5.92 Å². The van der Waals surface area contributed by atoms with Crippen LogP contribution in [0.15, 0.2) is 22.7 Å². The molecule has 3 heteroatoms. The number of benzene rings is 1. The zero-order valence-corrected chi connectivity index (χ0v) is 12.6. The Bertz CT molecular complexity index is 375. The largest absolute Gasteiger partial charge is 0.492 e. The third-order valence-electron chi connectivity index (χ3n) is 3.59. The van der Waals surface area contributed by atoms with Crippen LogP contribution in [0.25, 0.3) is 0 Å². The normalized spacial score (nSPS) is 19.8. The van der Waals surface area contributed by atoms with E-state index in [9.17, 15) is 0 Å². The van der Waals surface area contributed by atoms with Crippen LogP contribution < -0.4 is 10.1 Å². The standard InChI is InChI=1S/C15H22BrNO/c1-2-12-5-6-15(14(16)10-12)18-9-7-13-4-3-8-17-11-13/h5-6,10,13,17H,2-4,7-9,11H2,1H3/t13-/m1/s1. The molecular weight excluding hydrogens is 290 g/mol. The molecule has 2 nitrogen and oxygen atoms in total. The zero-order chi connectivity index (χ0) is 12.8. The lowest BCUT2D eigenvalue weighted by Crippen LogP contribution is -2.30. The predicted octanol–water partition coefficient (Wildman–Crippen LogP) is 3.78. The third-order valence-corrected chi connectivity index (χ3v) is 4.21. The van der Waals surface area contributed by atoms with Gasteiger partial charge in [0.2, 0.25) is 0 Å². The average molecular weight is 312 g/mol. The molecule has 1 saturated heterocycles. The number of rotatable bonds is 5. The van der Waals surface area contributed by atoms with Crippen LogP contribution in [-0.4, -0.2) is 19.7 Å². The number of piperidine rings is 1. The summed E-state index contributed by atoms with van der Waals surface area (Å²) in [5.74, 6) is 1.75. The summed E-state index contributed by atoms with van der Waals surface area (Å²) in [6, 6.07) is 6.36. The smallest absolute Gasteiger partial charge is 0.133 e. The zero-order valence-electron chi connectivity index (χ0n) is 11.0. The Morgan fingerprint density at radius 2 is 2.33 bits per heavy atom. The van der Waals surface area contributed by atoms with Gasteiger partial charge in [0.05, 0.1) is 11.1 Å². The van der Waals surface area contributed by atoms with Gasteiger partial charge in [0, 0.05) is 0 Å². The molecule has 0 unspecified atom stereocenters. The maximum atomic E-state index is 5.86. The van der Waals surface area contributed by atoms with Gasteiger partial charge < -0.3 is 10.1 Å². The van der Waals surface area contributed by atoms with E-state index in [1.165, 1.54) is 24.9 Å². The minimum atomic E-state index is 0.785. The fourth-order valence-corrected chi connectivity index (χ4v) is 2.93. The number of hydrogen-bond acceptors (Lipinski definition) is 2. The van der Waals surface area contributed by atoms with Crippen molar-refractivity contribution in [2.75, 3.05) is 19.7 Å². The topological polar surface area (TPSA) is 21.3 Å². The Kier molecular flexibility index (Phi) is 5.51. The van der Waals surface area contributed by atoms with E-state index < -0.39 is 0 Å². The number of nitrogens with one attached hydrogen (secondary N) is 1. The van der Waals surface area contributed by atoms with Gasteiger partial charge in [-0.1, -0.05) is 13.0 Å². The highest BCUT2D eigenvalue weighted by Crippen LogP contribution is 2.26. The molecule has 100 valence electrons. The summed E-state index contributed by atoms with van der Waals surface area (Å²) in [6.07, 6.45) is 4.85. The second-order valence-corrected chi connectivity index (χ2v) is 5.82. The second kappa shape index (κ2) is 7.15. The molecule has 2 rings (SSSR count). The highest BCUT2D eigenvalue weighted by Gasteiger charge is 2.12. The number of hydrogen-bond donors (Lipinski definition) is 1. The Morgan fingerprint density at radius 3 is 3.00 bits per heavy atom. The van der Waals surface area contributed by atoms with Crippen molar-refractivity contribution in [2.45, 2.75) is 32.6 Å². The molecule has 0 aliphatic carbocycles. The maximum absolute atomic E-state index is 5.86. The van der Waals surface area contributed by atoms with Crippen molar-refractivity contribution in [3.8, 4) is 5.75 Å². The van der Waals surface area contributed by atoms with Crippen LogP contribution in [0.1, 0.15) is 31.7 Å². The van der Waals surface area contributed by atoms with Gasteiger partial charge in [0.15, 0.2) is 0 Å². The van der Waals surface area contributed by atoms with Crippen LogP contribution in [0.4, 0.5) is 0 Å². The molecule has 0 amide bonds. The molecule has 1 aromatic carbocycles. The van der Waals surface area contributed by atoms with Gasteiger partial charge in [-0.05, 0) is 78.3 Å². The van der Waals surface area contributed by atoms with E-state index >= 15 is 0 Å². The van der Waals surface area contributed by atoms with Crippen molar-refractivity contribution < 1.29 is 4.74 Å². The Balaban J connectivity index is 1.79. The van der Waals surface area contributed by atoms with Crippen LogP contribution in [0.5, 0.6) is 5.75 Å². The van der Waals surface area contributed by atoms with E-state index in [1.807, 2.05) is 0 Å². The molecule has 1 heterocycles. The van der Waals surface area contributed by atoms with Crippen LogP contribution >= 0.6 is 15.9 Å². The highest BCUT2D eigenvalue weighted by molar-refractivity contribution is 9.10. The van der Waals surface area contributed by atoms with E-state index in [2.05, 4.69) is 46.4 Å². The van der Waals surface area contributed by atoms with E-state index in [4.69, 9.17) is 4.74 Å². The third kappa shape index (κ3) is 3.99. The Morgan fingerprint density at radius 1 is 1.44 bits per heavy atom. The molecule has 0 bridgehead atoms. The number of aryl methyl sites for hydroxylation is 1. The fourth-order valence-electron chi connectivity index (χ4n) is 2.39. The second-order valence-electron chi connectivity index (χ2n) is 4.97. The summed E-state index contributed by atoms with van der Waals surface area (Å²) in [5, 5.41) is 3.45. The van der Waals surface area contributed by atoms with Gasteiger partial charge in [0.25, 0.3) is 0 Å². The first kappa shape index (κ1) is 13.9. The van der Waals surface area contributed by atoms with Crippen LogP contribution in [0.3, 0.4) is 0 Å². The lowest BCUT2D eigenvalue weighted by Gasteiger charge is -2.22. The van der Waals surface area contributed by atoms with Gasteiger partial charge in [0.1, 0.15) is 5.75 Å². The molecule has 1 N–H and O–H groups in total. The fraction of sp³-hybridized carbons (Fsp3) is 0.600. The minimum absolute atomic E-state index is 0.785. The molecule has 1 aromatic rings. The first-order chi connectivity index (χ1) is 8.79. The summed E-state index contributed by atoms with van der Waals surface area (Å²) in [4.78, 5) is 0. The molecule has 1 atom stereocenters. The molecule has 0 aromatic heterocycles. The summed E-state index contributed by atoms with van der Waals surface area (Å²) in [5.41, 5.74) is 1.34. The van der Waals surface area contributed by atoms with Crippen molar-refractivity contribution in [1.82, 2.24) is 5.32 Å². The lowest BCUT2D eigenvalue weighted by molar-refractivity contribution is 0.253. The summed E-state index contributed by atoms with van der Waals surface area (Å²) < 4.78 is 6.94. The monoisotopic (exact) mass is 311 g/mol. The highest BCUT2D eigenvalue weighted by atomic mass is 79.9. The minimum Gasteiger partial charge on any atom is -0.492 e. The Hall–Kier alpha value is -0.540. The lowest BCUT2D eigenvalue weighted by atomic mass is 9.97. The molecule has 1 aliphatic heterocycles. The first-order valence-electron chi connectivity index (χ1n) is 6.91. The molecule has 1 aliphatic rings. The Labute approximate surface area is 118 Å². The van der Waals surface area contributed by atoms with Crippen molar-refractivity contribution in [1.29, 1.82) is 0 Å². The SMILES string of the molecule is CCc1ccc(OCC[C@H]2CCCNC2)c(Br)c1. The van der Waals surface area contributed by atoms with Gasteiger partial charge in [-0.25, -0.2) is 0 Å². The summed E-state index contributed by atoms with van der Waals surface area (Å²) >= 11 is 3.58. The predicted molar refractivity (Wildman–Crippen MR) is 79.2 cm³/mol. The summed E-state index contributed by atoms with van der Waals surface area (Å²) in [7, 11) is 0.